The molecule has 0 aliphatic rings. The third-order valence-electron chi connectivity index (χ3n) is 5.00. The number of nitrogens with one attached hydrogen (secondary N) is 1. The highest BCUT2D eigenvalue weighted by atomic mass is 32.2. The van der Waals surface area contributed by atoms with Gasteiger partial charge in [-0.25, -0.2) is 4.98 Å². The van der Waals surface area contributed by atoms with Gasteiger partial charge in [-0.3, -0.25) is 24.7 Å². The highest BCUT2D eigenvalue weighted by Gasteiger charge is 2.21. The van der Waals surface area contributed by atoms with Gasteiger partial charge < -0.3 is 5.32 Å². The van der Waals surface area contributed by atoms with Crippen molar-refractivity contribution in [3.8, 4) is 11.4 Å². The summed E-state index contributed by atoms with van der Waals surface area (Å²) in [6, 6.07) is 15.0. The highest BCUT2D eigenvalue weighted by Crippen LogP contribution is 2.25. The monoisotopic (exact) mass is 488 g/mol. The van der Waals surface area contributed by atoms with Gasteiger partial charge in [-0.1, -0.05) is 35.5 Å². The first-order valence-corrected chi connectivity index (χ1v) is 11.5. The van der Waals surface area contributed by atoms with Gasteiger partial charge in [0.1, 0.15) is 0 Å². The normalized spacial score (nSPS) is 10.7. The first-order chi connectivity index (χ1) is 16.8. The SMILES string of the molecule is Cc1cccc(C(=O)n2nc(-c3ccncc3)nc2SCC(=O)Nc2ccc(C)c([N+](=O)[O-])c2)c1. The summed E-state index contributed by atoms with van der Waals surface area (Å²) in [4.78, 5) is 44.9. The number of nitro groups is 1. The first-order valence-electron chi connectivity index (χ1n) is 10.5. The highest BCUT2D eigenvalue weighted by molar-refractivity contribution is 7.99. The Labute approximate surface area is 204 Å². The molecule has 0 saturated heterocycles. The number of thioether (sulfide) groups is 1. The molecule has 176 valence electrons. The quantitative estimate of drug-likeness (QED) is 0.231. The number of carbonyl (C=O) groups excluding carboxylic acids is 2. The Morgan fingerprint density at radius 3 is 2.57 bits per heavy atom. The summed E-state index contributed by atoms with van der Waals surface area (Å²) in [5.74, 6) is -0.544. The fourth-order valence-electron chi connectivity index (χ4n) is 3.26. The minimum absolute atomic E-state index is 0.0825. The van der Waals surface area contributed by atoms with Crippen LogP contribution in [0.1, 0.15) is 21.5 Å². The van der Waals surface area contributed by atoms with E-state index in [1.54, 1.807) is 61.8 Å². The number of anilines is 1. The van der Waals surface area contributed by atoms with Crippen molar-refractivity contribution >= 4 is 35.0 Å². The van der Waals surface area contributed by atoms with Crippen LogP contribution in [-0.4, -0.2) is 42.2 Å². The molecule has 10 nitrogen and oxygen atoms in total. The lowest BCUT2D eigenvalue weighted by molar-refractivity contribution is -0.385. The van der Waals surface area contributed by atoms with Crippen molar-refractivity contribution in [1.29, 1.82) is 0 Å². The Morgan fingerprint density at radius 1 is 1.09 bits per heavy atom. The molecule has 2 heterocycles. The second kappa shape index (κ2) is 10.3. The van der Waals surface area contributed by atoms with Crippen molar-refractivity contribution < 1.29 is 14.5 Å². The number of carbonyl (C=O) groups is 2. The third kappa shape index (κ3) is 5.58. The maximum Gasteiger partial charge on any atom is 0.280 e. The molecule has 0 radical (unpaired) electrons. The van der Waals surface area contributed by atoms with Crippen LogP contribution in [0.3, 0.4) is 0 Å². The molecule has 0 unspecified atom stereocenters. The summed E-state index contributed by atoms with van der Waals surface area (Å²) in [6.07, 6.45) is 3.19. The van der Waals surface area contributed by atoms with Crippen LogP contribution < -0.4 is 5.32 Å². The second-order valence-corrected chi connectivity index (χ2v) is 8.58. The first kappa shape index (κ1) is 23.8. The summed E-state index contributed by atoms with van der Waals surface area (Å²) >= 11 is 1.04. The lowest BCUT2D eigenvalue weighted by atomic mass is 10.1. The van der Waals surface area contributed by atoms with Crippen molar-refractivity contribution in [1.82, 2.24) is 19.7 Å². The van der Waals surface area contributed by atoms with Crippen LogP contribution in [0.5, 0.6) is 0 Å². The molecule has 35 heavy (non-hydrogen) atoms. The largest absolute Gasteiger partial charge is 0.325 e. The zero-order chi connectivity index (χ0) is 24.9. The Balaban J connectivity index is 1.57. The minimum atomic E-state index is -0.500. The number of hydrogen-bond acceptors (Lipinski definition) is 8. The van der Waals surface area contributed by atoms with Gasteiger partial charge in [0.2, 0.25) is 5.91 Å². The smallest absolute Gasteiger partial charge is 0.280 e. The summed E-state index contributed by atoms with van der Waals surface area (Å²) in [5.41, 5.74) is 2.76. The Bertz CT molecular complexity index is 1420. The van der Waals surface area contributed by atoms with Crippen molar-refractivity contribution in [2.24, 2.45) is 0 Å². The number of nitrogens with zero attached hydrogens (tertiary/aromatic N) is 5. The number of amides is 1. The van der Waals surface area contributed by atoms with Gasteiger partial charge in [-0.05, 0) is 44.2 Å². The summed E-state index contributed by atoms with van der Waals surface area (Å²) in [7, 11) is 0. The van der Waals surface area contributed by atoms with Gasteiger partial charge in [0.15, 0.2) is 11.0 Å². The van der Waals surface area contributed by atoms with E-state index in [0.29, 0.717) is 28.2 Å². The summed E-state index contributed by atoms with van der Waals surface area (Å²) in [5, 5.41) is 18.4. The molecule has 4 rings (SSSR count). The summed E-state index contributed by atoms with van der Waals surface area (Å²) in [6.45, 7) is 3.51. The molecule has 2 aromatic carbocycles. The Hall–Kier alpha value is -4.38. The Kier molecular flexibility index (Phi) is 6.97. The number of pyridine rings is 1. The molecule has 0 atom stereocenters. The predicted octanol–water partition coefficient (Wildman–Crippen LogP) is 4.28. The van der Waals surface area contributed by atoms with E-state index >= 15 is 0 Å². The number of benzene rings is 2. The topological polar surface area (TPSA) is 133 Å². The standard InChI is InChI=1S/C24H20N6O4S/c1-15-4-3-5-18(12-15)23(32)29-24(27-22(28-29)17-8-10-25-11-9-17)35-14-21(31)26-19-7-6-16(2)20(13-19)30(33)34/h3-13H,14H2,1-2H3,(H,26,31). The van der Waals surface area contributed by atoms with Crippen LogP contribution in [0.4, 0.5) is 11.4 Å². The molecule has 1 amide bonds. The predicted molar refractivity (Wildman–Crippen MR) is 131 cm³/mol. The number of rotatable bonds is 7. The van der Waals surface area contributed by atoms with E-state index in [2.05, 4.69) is 20.4 Å². The lowest BCUT2D eigenvalue weighted by Gasteiger charge is -2.07. The van der Waals surface area contributed by atoms with Crippen LogP contribution in [0.15, 0.2) is 72.1 Å². The van der Waals surface area contributed by atoms with Crippen LogP contribution in [0.2, 0.25) is 0 Å². The van der Waals surface area contributed by atoms with Crippen molar-refractivity contribution in [2.75, 3.05) is 11.1 Å². The van der Waals surface area contributed by atoms with E-state index in [-0.39, 0.29) is 22.5 Å². The second-order valence-electron chi connectivity index (χ2n) is 7.64. The van der Waals surface area contributed by atoms with Crippen molar-refractivity contribution in [2.45, 2.75) is 19.0 Å². The van der Waals surface area contributed by atoms with Gasteiger partial charge in [-0.2, -0.15) is 4.68 Å². The zero-order valence-electron chi connectivity index (χ0n) is 18.8. The third-order valence-corrected chi connectivity index (χ3v) is 5.92. The molecule has 0 aliphatic carbocycles. The zero-order valence-corrected chi connectivity index (χ0v) is 19.7. The molecule has 0 bridgehead atoms. The summed E-state index contributed by atoms with van der Waals surface area (Å²) < 4.78 is 1.18. The molecule has 1 N–H and O–H groups in total. The van der Waals surface area contributed by atoms with E-state index < -0.39 is 10.8 Å². The minimum Gasteiger partial charge on any atom is -0.325 e. The van der Waals surface area contributed by atoms with Crippen LogP contribution in [-0.2, 0) is 4.79 Å². The molecule has 0 aliphatic heterocycles. The van der Waals surface area contributed by atoms with Crippen LogP contribution in [0.25, 0.3) is 11.4 Å². The number of aryl methyl sites for hydroxylation is 2. The van der Waals surface area contributed by atoms with E-state index in [1.807, 2.05) is 13.0 Å². The van der Waals surface area contributed by atoms with Gasteiger partial charge in [0.25, 0.3) is 11.6 Å². The Morgan fingerprint density at radius 2 is 1.86 bits per heavy atom. The van der Waals surface area contributed by atoms with Crippen molar-refractivity contribution in [3.63, 3.8) is 0 Å². The molecular weight excluding hydrogens is 468 g/mol. The average Bonchev–Trinajstić information content (AvgIpc) is 3.28. The van der Waals surface area contributed by atoms with Crippen molar-refractivity contribution in [3.05, 3.63) is 93.8 Å². The molecule has 2 aromatic heterocycles. The maximum absolute atomic E-state index is 13.2. The van der Waals surface area contributed by atoms with Gasteiger partial charge in [0, 0.05) is 40.8 Å². The number of nitro benzene ring substituents is 1. The maximum atomic E-state index is 13.2. The van der Waals surface area contributed by atoms with Gasteiger partial charge in [-0.15, -0.1) is 5.10 Å². The van der Waals surface area contributed by atoms with E-state index in [0.717, 1.165) is 17.3 Å². The fraction of sp³-hybridized carbons (Fsp3) is 0.125. The van der Waals surface area contributed by atoms with Gasteiger partial charge in [0.05, 0.1) is 10.7 Å². The number of hydrogen-bond donors (Lipinski definition) is 1. The molecule has 0 spiro atoms. The van der Waals surface area contributed by atoms with E-state index in [4.69, 9.17) is 0 Å². The van der Waals surface area contributed by atoms with Crippen LogP contribution in [0, 0.1) is 24.0 Å². The van der Waals surface area contributed by atoms with E-state index in [9.17, 15) is 19.7 Å². The fourth-order valence-corrected chi connectivity index (χ4v) is 3.99. The molecule has 0 saturated carbocycles. The van der Waals surface area contributed by atoms with Gasteiger partial charge >= 0.3 is 0 Å². The molecule has 4 aromatic rings. The van der Waals surface area contributed by atoms with Crippen LogP contribution >= 0.6 is 11.8 Å². The molecule has 0 fully saturated rings. The number of aromatic nitrogens is 4. The molecule has 11 heteroatoms. The molecular formula is C24H20N6O4S. The lowest BCUT2D eigenvalue weighted by Crippen LogP contribution is -2.17. The average molecular weight is 489 g/mol. The van der Waals surface area contributed by atoms with E-state index in [1.165, 1.54) is 10.7 Å².